The molecule has 17 heavy (non-hydrogen) atoms. The monoisotopic (exact) mass is 422 g/mol. The Hall–Kier alpha value is -0.270. The largest absolute Gasteiger partial charge is 0.399 e. The molecule has 0 aliphatic carbocycles. The number of nitrogens with two attached hydrogens (primary N) is 1. The minimum atomic E-state index is 0.808. The Bertz CT molecular complexity index is 513. The van der Waals surface area contributed by atoms with Gasteiger partial charge in [0.2, 0.25) is 0 Å². The average Bonchev–Trinajstić information content (AvgIpc) is 2.68. The average molecular weight is 423 g/mol. The Morgan fingerprint density at radius 2 is 2.12 bits per heavy atom. The summed E-state index contributed by atoms with van der Waals surface area (Å²) in [5.41, 5.74) is 7.67. The number of nitrogens with one attached hydrogen (secondary N) is 1. The van der Waals surface area contributed by atoms with Gasteiger partial charge in [0, 0.05) is 26.4 Å². The number of hydrogen-bond donors (Lipinski definition) is 2. The van der Waals surface area contributed by atoms with Crippen molar-refractivity contribution in [1.29, 1.82) is 0 Å². The molecule has 0 unspecified atom stereocenters. The standard InChI is InChI=1S/C12H12BrIN2S/c13-12-4-2-9(17-12)5-6-16-11-3-1-8(15)7-10(11)14/h1-4,7,16H,5-6,15H2. The second-order valence-electron chi connectivity index (χ2n) is 3.62. The van der Waals surface area contributed by atoms with E-state index in [-0.39, 0.29) is 0 Å². The molecule has 1 aromatic carbocycles. The van der Waals surface area contributed by atoms with Crippen LogP contribution in [0.3, 0.4) is 0 Å². The molecule has 5 heteroatoms. The van der Waals surface area contributed by atoms with E-state index in [2.05, 4.69) is 56.0 Å². The molecule has 0 saturated carbocycles. The summed E-state index contributed by atoms with van der Waals surface area (Å²) in [6, 6.07) is 10.2. The maximum atomic E-state index is 5.71. The van der Waals surface area contributed by atoms with E-state index in [9.17, 15) is 0 Å². The van der Waals surface area contributed by atoms with E-state index < -0.39 is 0 Å². The third-order valence-electron chi connectivity index (χ3n) is 2.31. The lowest BCUT2D eigenvalue weighted by atomic mass is 10.2. The fourth-order valence-corrected chi connectivity index (χ4v) is 3.69. The van der Waals surface area contributed by atoms with Gasteiger partial charge in [0.05, 0.1) is 3.79 Å². The van der Waals surface area contributed by atoms with Crippen LogP contribution in [0.4, 0.5) is 11.4 Å². The van der Waals surface area contributed by atoms with E-state index >= 15 is 0 Å². The van der Waals surface area contributed by atoms with Crippen LogP contribution in [-0.4, -0.2) is 6.54 Å². The first-order valence-corrected chi connectivity index (χ1v) is 7.87. The molecule has 0 spiro atoms. The summed E-state index contributed by atoms with van der Waals surface area (Å²) in [4.78, 5) is 1.38. The smallest absolute Gasteiger partial charge is 0.0701 e. The molecule has 1 aromatic heterocycles. The first kappa shape index (κ1) is 13.2. The van der Waals surface area contributed by atoms with E-state index in [4.69, 9.17) is 5.73 Å². The number of anilines is 2. The zero-order chi connectivity index (χ0) is 12.3. The molecule has 2 aromatic rings. The summed E-state index contributed by atoms with van der Waals surface area (Å²) in [7, 11) is 0. The van der Waals surface area contributed by atoms with Crippen molar-refractivity contribution in [2.24, 2.45) is 0 Å². The molecule has 0 fully saturated rings. The highest BCUT2D eigenvalue weighted by molar-refractivity contribution is 14.1. The predicted octanol–water partition coefficient (Wildman–Crippen LogP) is 4.35. The Kier molecular flexibility index (Phi) is 4.69. The molecule has 0 bridgehead atoms. The first-order valence-electron chi connectivity index (χ1n) is 5.18. The molecule has 0 amide bonds. The normalized spacial score (nSPS) is 10.5. The Labute approximate surface area is 127 Å². The van der Waals surface area contributed by atoms with Gasteiger partial charge in [-0.2, -0.15) is 0 Å². The van der Waals surface area contributed by atoms with Crippen molar-refractivity contribution in [2.45, 2.75) is 6.42 Å². The molecule has 0 atom stereocenters. The van der Waals surface area contributed by atoms with Crippen LogP contribution >= 0.6 is 49.9 Å². The molecule has 90 valence electrons. The summed E-state index contributed by atoms with van der Waals surface area (Å²) < 4.78 is 2.35. The van der Waals surface area contributed by atoms with Crippen molar-refractivity contribution in [3.63, 3.8) is 0 Å². The third kappa shape index (κ3) is 3.86. The summed E-state index contributed by atoms with van der Waals surface area (Å²) >= 11 is 7.55. The number of hydrogen-bond acceptors (Lipinski definition) is 3. The van der Waals surface area contributed by atoms with Crippen LogP contribution in [0.15, 0.2) is 34.1 Å². The second kappa shape index (κ2) is 6.06. The zero-order valence-corrected chi connectivity index (χ0v) is 13.6. The van der Waals surface area contributed by atoms with E-state index in [0.717, 1.165) is 27.9 Å². The third-order valence-corrected chi connectivity index (χ3v) is 4.88. The Balaban J connectivity index is 1.90. The van der Waals surface area contributed by atoms with Gasteiger partial charge in [-0.3, -0.25) is 0 Å². The minimum Gasteiger partial charge on any atom is -0.399 e. The van der Waals surface area contributed by atoms with Crippen LogP contribution in [0.1, 0.15) is 4.88 Å². The van der Waals surface area contributed by atoms with E-state index in [1.165, 1.54) is 8.66 Å². The summed E-state index contributed by atoms with van der Waals surface area (Å²) in [6.45, 7) is 0.937. The van der Waals surface area contributed by atoms with Gasteiger partial charge < -0.3 is 11.1 Å². The van der Waals surface area contributed by atoms with Crippen molar-refractivity contribution < 1.29 is 0 Å². The van der Waals surface area contributed by atoms with Crippen LogP contribution < -0.4 is 11.1 Å². The number of halogens is 2. The molecule has 3 N–H and O–H groups in total. The molecule has 1 heterocycles. The maximum Gasteiger partial charge on any atom is 0.0701 e. The molecule has 0 radical (unpaired) electrons. The summed E-state index contributed by atoms with van der Waals surface area (Å²) in [5.74, 6) is 0. The van der Waals surface area contributed by atoms with E-state index in [1.807, 2.05) is 18.2 Å². The number of nitrogen functional groups attached to an aromatic ring is 1. The van der Waals surface area contributed by atoms with Gasteiger partial charge in [0.1, 0.15) is 0 Å². The molecule has 2 nitrogen and oxygen atoms in total. The lowest BCUT2D eigenvalue weighted by Crippen LogP contribution is -2.05. The molecule has 0 saturated heterocycles. The van der Waals surface area contributed by atoms with E-state index in [1.54, 1.807) is 11.3 Å². The van der Waals surface area contributed by atoms with Gasteiger partial charge in [0.15, 0.2) is 0 Å². The van der Waals surface area contributed by atoms with Crippen LogP contribution in [0.25, 0.3) is 0 Å². The highest BCUT2D eigenvalue weighted by atomic mass is 127. The lowest BCUT2D eigenvalue weighted by Gasteiger charge is -2.08. The number of rotatable bonds is 4. The van der Waals surface area contributed by atoms with Gasteiger partial charge in [0.25, 0.3) is 0 Å². The molecular weight excluding hydrogens is 411 g/mol. The van der Waals surface area contributed by atoms with Crippen LogP contribution in [0.2, 0.25) is 0 Å². The van der Waals surface area contributed by atoms with Crippen LogP contribution in [0.5, 0.6) is 0 Å². The van der Waals surface area contributed by atoms with Gasteiger partial charge in [-0.25, -0.2) is 0 Å². The van der Waals surface area contributed by atoms with Gasteiger partial charge in [-0.15, -0.1) is 11.3 Å². The molecular formula is C12H12BrIN2S. The quantitative estimate of drug-likeness (QED) is 0.567. The first-order chi connectivity index (χ1) is 8.15. The Morgan fingerprint density at radius 1 is 1.29 bits per heavy atom. The van der Waals surface area contributed by atoms with Crippen molar-refractivity contribution in [1.82, 2.24) is 0 Å². The zero-order valence-electron chi connectivity index (χ0n) is 9.04. The second-order valence-corrected chi connectivity index (χ2v) is 7.33. The number of thiophene rings is 1. The van der Waals surface area contributed by atoms with Crippen molar-refractivity contribution >= 4 is 61.2 Å². The highest BCUT2D eigenvalue weighted by Gasteiger charge is 2.01. The fraction of sp³-hybridized carbons (Fsp3) is 0.167. The number of benzene rings is 1. The predicted molar refractivity (Wildman–Crippen MR) is 87.8 cm³/mol. The topological polar surface area (TPSA) is 38.0 Å². The van der Waals surface area contributed by atoms with Gasteiger partial charge >= 0.3 is 0 Å². The molecule has 0 aliphatic rings. The van der Waals surface area contributed by atoms with Crippen LogP contribution in [-0.2, 0) is 6.42 Å². The Morgan fingerprint density at radius 3 is 2.76 bits per heavy atom. The maximum absolute atomic E-state index is 5.71. The summed E-state index contributed by atoms with van der Waals surface area (Å²) in [5, 5.41) is 3.43. The fourth-order valence-electron chi connectivity index (χ4n) is 1.48. The highest BCUT2D eigenvalue weighted by Crippen LogP contribution is 2.23. The van der Waals surface area contributed by atoms with Crippen molar-refractivity contribution in [3.8, 4) is 0 Å². The van der Waals surface area contributed by atoms with Crippen molar-refractivity contribution in [3.05, 3.63) is 42.6 Å². The SMILES string of the molecule is Nc1ccc(NCCc2ccc(Br)s2)c(I)c1. The van der Waals surface area contributed by atoms with Crippen molar-refractivity contribution in [2.75, 3.05) is 17.6 Å². The van der Waals surface area contributed by atoms with Gasteiger partial charge in [-0.1, -0.05) is 0 Å². The van der Waals surface area contributed by atoms with Gasteiger partial charge in [-0.05, 0) is 75.3 Å². The molecule has 0 aliphatic heterocycles. The minimum absolute atomic E-state index is 0.808. The van der Waals surface area contributed by atoms with Crippen LogP contribution in [0, 0.1) is 3.57 Å². The molecule has 2 rings (SSSR count). The summed E-state index contributed by atoms with van der Waals surface area (Å²) in [6.07, 6.45) is 1.04. The van der Waals surface area contributed by atoms with E-state index in [0.29, 0.717) is 0 Å². The lowest BCUT2D eigenvalue weighted by molar-refractivity contribution is 1.04.